The van der Waals surface area contributed by atoms with Crippen LogP contribution in [0.1, 0.15) is 30.0 Å². The molecule has 1 aliphatic rings. The maximum atomic E-state index is 12.7. The number of nitrogens with zero attached hydrogens (tertiary/aromatic N) is 2. The number of fused-ring (bicyclic) bond motifs is 1. The molecule has 0 spiro atoms. The third-order valence-electron chi connectivity index (χ3n) is 4.95. The van der Waals surface area contributed by atoms with E-state index in [0.29, 0.717) is 11.3 Å². The number of ether oxygens (including phenoxy) is 1. The van der Waals surface area contributed by atoms with Crippen LogP contribution >= 0.6 is 0 Å². The maximum absolute atomic E-state index is 12.7. The summed E-state index contributed by atoms with van der Waals surface area (Å²) >= 11 is 0. The van der Waals surface area contributed by atoms with Crippen molar-refractivity contribution in [1.82, 2.24) is 9.88 Å². The van der Waals surface area contributed by atoms with E-state index in [0.717, 1.165) is 35.9 Å². The summed E-state index contributed by atoms with van der Waals surface area (Å²) in [6, 6.07) is 10.7. The van der Waals surface area contributed by atoms with E-state index in [2.05, 4.69) is 4.98 Å². The molecule has 0 aliphatic carbocycles. The second-order valence-corrected chi connectivity index (χ2v) is 6.72. The smallest absolute Gasteiger partial charge is 0.336 e. The monoisotopic (exact) mass is 364 g/mol. The fraction of sp³-hybridized carbons (Fsp3) is 0.286. The molecule has 1 aromatic carbocycles. The summed E-state index contributed by atoms with van der Waals surface area (Å²) in [5.41, 5.74) is 2.01. The van der Waals surface area contributed by atoms with Crippen LogP contribution in [0.25, 0.3) is 11.0 Å². The third kappa shape index (κ3) is 3.56. The molecule has 6 nitrogen and oxygen atoms in total. The molecular weight excluding hydrogens is 344 g/mol. The lowest BCUT2D eigenvalue weighted by Crippen LogP contribution is -2.34. The molecule has 3 aromatic rings. The van der Waals surface area contributed by atoms with Gasteiger partial charge in [-0.3, -0.25) is 9.78 Å². The lowest BCUT2D eigenvalue weighted by molar-refractivity contribution is -0.134. The molecule has 1 unspecified atom stereocenters. The average Bonchev–Trinajstić information content (AvgIpc) is 3.16. The molecule has 1 aliphatic heterocycles. The van der Waals surface area contributed by atoms with Gasteiger partial charge in [-0.1, -0.05) is 0 Å². The minimum Gasteiger partial charge on any atom is -0.484 e. The number of aromatic nitrogens is 1. The normalized spacial score (nSPS) is 16.6. The van der Waals surface area contributed by atoms with E-state index in [9.17, 15) is 9.59 Å². The van der Waals surface area contributed by atoms with Crippen LogP contribution in [0.2, 0.25) is 0 Å². The van der Waals surface area contributed by atoms with E-state index in [1.807, 2.05) is 30.0 Å². The average molecular weight is 364 g/mol. The number of aryl methyl sites for hydroxylation is 1. The number of benzene rings is 1. The van der Waals surface area contributed by atoms with Crippen molar-refractivity contribution in [3.05, 3.63) is 70.3 Å². The lowest BCUT2D eigenvalue weighted by atomic mass is 10.1. The number of rotatable bonds is 4. The molecule has 3 heterocycles. The highest BCUT2D eigenvalue weighted by Crippen LogP contribution is 2.31. The Morgan fingerprint density at radius 2 is 2.07 bits per heavy atom. The molecule has 4 rings (SSSR count). The summed E-state index contributed by atoms with van der Waals surface area (Å²) in [4.78, 5) is 30.1. The summed E-state index contributed by atoms with van der Waals surface area (Å²) in [5.74, 6) is 0.448. The zero-order chi connectivity index (χ0) is 18.8. The quantitative estimate of drug-likeness (QED) is 0.665. The largest absolute Gasteiger partial charge is 0.484 e. The predicted octanol–water partition coefficient (Wildman–Crippen LogP) is 3.24. The summed E-state index contributed by atoms with van der Waals surface area (Å²) in [7, 11) is 0. The van der Waals surface area contributed by atoms with E-state index in [1.54, 1.807) is 24.5 Å². The minimum atomic E-state index is -0.398. The minimum absolute atomic E-state index is 0.0524. The molecule has 0 radical (unpaired) electrons. The van der Waals surface area contributed by atoms with Crippen molar-refractivity contribution in [2.24, 2.45) is 0 Å². The van der Waals surface area contributed by atoms with Gasteiger partial charge < -0.3 is 14.1 Å². The first-order valence-electron chi connectivity index (χ1n) is 8.98. The van der Waals surface area contributed by atoms with Crippen molar-refractivity contribution in [3.8, 4) is 5.75 Å². The highest BCUT2D eigenvalue weighted by atomic mass is 16.5. The van der Waals surface area contributed by atoms with E-state index >= 15 is 0 Å². The first-order chi connectivity index (χ1) is 13.1. The molecule has 138 valence electrons. The van der Waals surface area contributed by atoms with Crippen molar-refractivity contribution in [2.45, 2.75) is 25.8 Å². The van der Waals surface area contributed by atoms with Gasteiger partial charge in [-0.15, -0.1) is 0 Å². The molecular formula is C21H20N2O4. The summed E-state index contributed by atoms with van der Waals surface area (Å²) in [6.07, 6.45) is 5.41. The van der Waals surface area contributed by atoms with Gasteiger partial charge >= 0.3 is 5.63 Å². The van der Waals surface area contributed by atoms with Gasteiger partial charge in [0.15, 0.2) is 6.61 Å². The van der Waals surface area contributed by atoms with E-state index in [4.69, 9.17) is 9.15 Å². The standard InChI is InChI=1S/C21H20N2O4/c1-14-11-21(25)27-19-12-16(4-5-17(14)19)26-13-20(24)23-10-2-3-18(23)15-6-8-22-9-7-15/h4-9,11-12,18H,2-3,10,13H2,1H3. The van der Waals surface area contributed by atoms with Crippen molar-refractivity contribution in [1.29, 1.82) is 0 Å². The van der Waals surface area contributed by atoms with Crippen molar-refractivity contribution >= 4 is 16.9 Å². The van der Waals surface area contributed by atoms with Crippen LogP contribution in [-0.4, -0.2) is 28.9 Å². The highest BCUT2D eigenvalue weighted by molar-refractivity contribution is 5.82. The molecule has 0 N–H and O–H groups in total. The van der Waals surface area contributed by atoms with Crippen LogP contribution in [0.5, 0.6) is 5.75 Å². The Balaban J connectivity index is 1.47. The molecule has 0 bridgehead atoms. The van der Waals surface area contributed by atoms with Crippen LogP contribution in [0.15, 0.2) is 58.0 Å². The lowest BCUT2D eigenvalue weighted by Gasteiger charge is -2.25. The van der Waals surface area contributed by atoms with Crippen molar-refractivity contribution in [3.63, 3.8) is 0 Å². The van der Waals surface area contributed by atoms with Crippen LogP contribution < -0.4 is 10.4 Å². The van der Waals surface area contributed by atoms with Gasteiger partial charge in [-0.05, 0) is 55.2 Å². The molecule has 1 atom stereocenters. The first kappa shape index (κ1) is 17.3. The van der Waals surface area contributed by atoms with Crippen LogP contribution in [0.3, 0.4) is 0 Å². The topological polar surface area (TPSA) is 72.6 Å². The van der Waals surface area contributed by atoms with E-state index < -0.39 is 5.63 Å². The third-order valence-corrected chi connectivity index (χ3v) is 4.95. The SMILES string of the molecule is Cc1cc(=O)oc2cc(OCC(=O)N3CCCC3c3ccncc3)ccc12. The molecule has 2 aromatic heterocycles. The Hall–Kier alpha value is -3.15. The Kier molecular flexibility index (Phi) is 4.62. The van der Waals surface area contributed by atoms with Gasteiger partial charge in [0.2, 0.25) is 0 Å². The number of pyridine rings is 1. The second-order valence-electron chi connectivity index (χ2n) is 6.72. The van der Waals surface area contributed by atoms with Crippen LogP contribution in [-0.2, 0) is 4.79 Å². The Bertz CT molecular complexity index is 1030. The number of hydrogen-bond donors (Lipinski definition) is 0. The highest BCUT2D eigenvalue weighted by Gasteiger charge is 2.30. The number of amides is 1. The van der Waals surface area contributed by atoms with Crippen molar-refractivity contribution < 1.29 is 13.9 Å². The fourth-order valence-electron chi connectivity index (χ4n) is 3.62. The summed E-state index contributed by atoms with van der Waals surface area (Å²) in [5, 5.41) is 0.852. The van der Waals surface area contributed by atoms with E-state index in [1.165, 1.54) is 6.07 Å². The maximum Gasteiger partial charge on any atom is 0.336 e. The molecule has 1 fully saturated rings. The number of carbonyl (C=O) groups excluding carboxylic acids is 1. The second kappa shape index (κ2) is 7.23. The van der Waals surface area contributed by atoms with Crippen LogP contribution in [0.4, 0.5) is 0 Å². The predicted molar refractivity (Wildman–Crippen MR) is 101 cm³/mol. The molecule has 27 heavy (non-hydrogen) atoms. The first-order valence-corrected chi connectivity index (χ1v) is 8.98. The summed E-state index contributed by atoms with van der Waals surface area (Å²) < 4.78 is 10.9. The van der Waals surface area contributed by atoms with Gasteiger partial charge in [-0.2, -0.15) is 0 Å². The van der Waals surface area contributed by atoms with Crippen molar-refractivity contribution in [2.75, 3.05) is 13.2 Å². The Morgan fingerprint density at radius 3 is 2.89 bits per heavy atom. The van der Waals surface area contributed by atoms with Gasteiger partial charge in [-0.25, -0.2) is 4.79 Å². The molecule has 1 saturated heterocycles. The zero-order valence-electron chi connectivity index (χ0n) is 15.1. The zero-order valence-corrected chi connectivity index (χ0v) is 15.1. The number of carbonyl (C=O) groups is 1. The fourth-order valence-corrected chi connectivity index (χ4v) is 3.62. The number of hydrogen-bond acceptors (Lipinski definition) is 5. The van der Waals surface area contributed by atoms with E-state index in [-0.39, 0.29) is 18.6 Å². The summed E-state index contributed by atoms with van der Waals surface area (Å²) in [6.45, 7) is 2.53. The molecule has 1 amide bonds. The van der Waals surface area contributed by atoms with Gasteiger partial charge in [0, 0.05) is 36.5 Å². The van der Waals surface area contributed by atoms with Gasteiger partial charge in [0.25, 0.3) is 5.91 Å². The molecule has 0 saturated carbocycles. The number of likely N-dealkylation sites (tertiary alicyclic amines) is 1. The molecule has 6 heteroatoms. The van der Waals surface area contributed by atoms with Gasteiger partial charge in [0.1, 0.15) is 11.3 Å². The Morgan fingerprint density at radius 1 is 1.26 bits per heavy atom. The Labute approximate surface area is 156 Å². The van der Waals surface area contributed by atoms with Gasteiger partial charge in [0.05, 0.1) is 6.04 Å². The van der Waals surface area contributed by atoms with Crippen LogP contribution in [0, 0.1) is 6.92 Å².